The van der Waals surface area contributed by atoms with Crippen LogP contribution in [0, 0.1) is 4.77 Å². The van der Waals surface area contributed by atoms with E-state index in [4.69, 9.17) is 21.7 Å². The molecule has 0 unspecified atom stereocenters. The SMILES string of the molecule is COc1cc(/C=N\n2cn[nH]c2=S)ccc1OC(=O)c1cccnc1. The zero-order valence-corrected chi connectivity index (χ0v) is 13.9. The van der Waals surface area contributed by atoms with E-state index in [2.05, 4.69) is 20.3 Å². The highest BCUT2D eigenvalue weighted by molar-refractivity contribution is 7.71. The maximum Gasteiger partial charge on any atom is 0.345 e. The molecule has 1 N–H and O–H groups in total. The Morgan fingerprint density at radius 1 is 1.36 bits per heavy atom. The molecule has 0 aliphatic heterocycles. The number of hydrogen-bond acceptors (Lipinski definition) is 7. The molecule has 0 atom stereocenters. The van der Waals surface area contributed by atoms with Gasteiger partial charge in [0.25, 0.3) is 0 Å². The van der Waals surface area contributed by atoms with E-state index in [-0.39, 0.29) is 0 Å². The second-order valence-corrected chi connectivity index (χ2v) is 5.18. The van der Waals surface area contributed by atoms with Crippen molar-refractivity contribution >= 4 is 24.4 Å². The number of H-pyrrole nitrogens is 1. The van der Waals surface area contributed by atoms with Crippen LogP contribution in [-0.2, 0) is 0 Å². The molecule has 3 aromatic rings. The number of carbonyl (C=O) groups is 1. The summed E-state index contributed by atoms with van der Waals surface area (Å²) in [6, 6.07) is 8.34. The van der Waals surface area contributed by atoms with Gasteiger partial charge in [-0.3, -0.25) is 10.1 Å². The molecule has 0 amide bonds. The number of hydrogen-bond donors (Lipinski definition) is 1. The molecule has 0 aliphatic rings. The minimum Gasteiger partial charge on any atom is -0.493 e. The molecule has 0 saturated heterocycles. The third-order valence-electron chi connectivity index (χ3n) is 3.15. The zero-order valence-electron chi connectivity index (χ0n) is 13.1. The molecule has 0 saturated carbocycles. The van der Waals surface area contributed by atoms with Crippen LogP contribution in [0.25, 0.3) is 0 Å². The maximum atomic E-state index is 12.1. The summed E-state index contributed by atoms with van der Waals surface area (Å²) in [4.78, 5) is 16.0. The van der Waals surface area contributed by atoms with Crippen LogP contribution in [0.5, 0.6) is 11.5 Å². The fourth-order valence-electron chi connectivity index (χ4n) is 1.94. The Morgan fingerprint density at radius 2 is 2.24 bits per heavy atom. The second-order valence-electron chi connectivity index (χ2n) is 4.79. The van der Waals surface area contributed by atoms with E-state index >= 15 is 0 Å². The summed E-state index contributed by atoms with van der Waals surface area (Å²) in [5.41, 5.74) is 1.09. The van der Waals surface area contributed by atoms with Gasteiger partial charge in [0.05, 0.1) is 18.9 Å². The molecule has 0 spiro atoms. The van der Waals surface area contributed by atoms with Crippen molar-refractivity contribution in [1.29, 1.82) is 0 Å². The van der Waals surface area contributed by atoms with Gasteiger partial charge in [-0.25, -0.2) is 4.79 Å². The van der Waals surface area contributed by atoms with Gasteiger partial charge in [-0.1, -0.05) is 0 Å². The third-order valence-corrected chi connectivity index (χ3v) is 3.43. The molecular weight excluding hydrogens is 342 g/mol. The highest BCUT2D eigenvalue weighted by Gasteiger charge is 2.12. The quantitative estimate of drug-likeness (QED) is 0.327. The minimum absolute atomic E-state index is 0.299. The Kier molecular flexibility index (Phi) is 4.95. The van der Waals surface area contributed by atoms with E-state index in [1.807, 2.05) is 0 Å². The lowest BCUT2D eigenvalue weighted by molar-refractivity contribution is 0.0729. The molecule has 1 aromatic carbocycles. The normalized spacial score (nSPS) is 10.8. The van der Waals surface area contributed by atoms with E-state index in [1.165, 1.54) is 24.3 Å². The van der Waals surface area contributed by atoms with Crippen molar-refractivity contribution in [2.75, 3.05) is 7.11 Å². The number of benzene rings is 1. The van der Waals surface area contributed by atoms with Gasteiger partial charge in [-0.2, -0.15) is 14.9 Å². The van der Waals surface area contributed by atoms with E-state index in [0.717, 1.165) is 5.56 Å². The Labute approximate surface area is 147 Å². The second kappa shape index (κ2) is 7.49. The van der Waals surface area contributed by atoms with Crippen molar-refractivity contribution in [2.24, 2.45) is 5.10 Å². The number of esters is 1. The van der Waals surface area contributed by atoms with Crippen LogP contribution in [0.2, 0.25) is 0 Å². The summed E-state index contributed by atoms with van der Waals surface area (Å²) in [6.07, 6.45) is 6.06. The van der Waals surface area contributed by atoms with Crippen LogP contribution in [0.3, 0.4) is 0 Å². The lowest BCUT2D eigenvalue weighted by Crippen LogP contribution is -2.09. The Hall–Kier alpha value is -3.33. The maximum absolute atomic E-state index is 12.1. The average molecular weight is 355 g/mol. The molecule has 0 aliphatic carbocycles. The van der Waals surface area contributed by atoms with Gasteiger partial charge in [0.15, 0.2) is 11.5 Å². The first kappa shape index (κ1) is 16.5. The number of ether oxygens (including phenoxy) is 2. The van der Waals surface area contributed by atoms with Crippen LogP contribution in [0.4, 0.5) is 0 Å². The predicted octanol–water partition coefficient (Wildman–Crippen LogP) is 2.45. The lowest BCUT2D eigenvalue weighted by Gasteiger charge is -2.09. The summed E-state index contributed by atoms with van der Waals surface area (Å²) in [5, 5.41) is 10.5. The van der Waals surface area contributed by atoms with E-state index in [9.17, 15) is 4.79 Å². The summed E-state index contributed by atoms with van der Waals surface area (Å²) >= 11 is 5.01. The number of aromatic amines is 1. The van der Waals surface area contributed by atoms with Gasteiger partial charge in [-0.05, 0) is 48.1 Å². The molecule has 3 rings (SSSR count). The van der Waals surface area contributed by atoms with Crippen LogP contribution in [0.1, 0.15) is 15.9 Å². The lowest BCUT2D eigenvalue weighted by atomic mass is 10.2. The average Bonchev–Trinajstić information content (AvgIpc) is 3.06. The zero-order chi connectivity index (χ0) is 17.6. The van der Waals surface area contributed by atoms with Crippen LogP contribution in [-0.4, -0.2) is 39.2 Å². The number of aromatic nitrogens is 4. The number of nitrogens with zero attached hydrogens (tertiary/aromatic N) is 4. The van der Waals surface area contributed by atoms with E-state index < -0.39 is 5.97 Å². The number of pyridine rings is 1. The highest BCUT2D eigenvalue weighted by Crippen LogP contribution is 2.28. The molecule has 2 heterocycles. The Bertz CT molecular complexity index is 965. The summed E-state index contributed by atoms with van der Waals surface area (Å²) < 4.78 is 12.4. The van der Waals surface area contributed by atoms with Gasteiger partial charge >= 0.3 is 5.97 Å². The van der Waals surface area contributed by atoms with Crippen molar-refractivity contribution in [2.45, 2.75) is 0 Å². The number of methoxy groups -OCH3 is 1. The number of carbonyl (C=O) groups excluding carboxylic acids is 1. The minimum atomic E-state index is -0.516. The molecule has 0 bridgehead atoms. The molecule has 2 aromatic heterocycles. The van der Waals surface area contributed by atoms with Crippen molar-refractivity contribution < 1.29 is 14.3 Å². The molecule has 0 fully saturated rings. The molecule has 25 heavy (non-hydrogen) atoms. The predicted molar refractivity (Wildman–Crippen MR) is 92.6 cm³/mol. The summed E-state index contributed by atoms with van der Waals surface area (Å²) in [6.45, 7) is 0. The topological polar surface area (TPSA) is 94.4 Å². The van der Waals surface area contributed by atoms with Gasteiger partial charge < -0.3 is 9.47 Å². The largest absolute Gasteiger partial charge is 0.493 e. The molecule has 9 heteroatoms. The van der Waals surface area contributed by atoms with Gasteiger partial charge in [0.2, 0.25) is 4.77 Å². The van der Waals surface area contributed by atoms with Crippen molar-refractivity contribution in [3.05, 3.63) is 65.0 Å². The Balaban J connectivity index is 1.80. The van der Waals surface area contributed by atoms with Gasteiger partial charge in [0, 0.05) is 12.4 Å². The van der Waals surface area contributed by atoms with E-state index in [0.29, 0.717) is 21.8 Å². The smallest absolute Gasteiger partial charge is 0.345 e. The first-order valence-corrected chi connectivity index (χ1v) is 7.55. The standard InChI is InChI=1S/C16H13N5O3S/c1-23-14-7-11(8-19-21-10-18-20-16(21)25)4-5-13(14)24-15(22)12-3-2-6-17-9-12/h2-10H,1H3,(H,20,25)/b19-8-. The Morgan fingerprint density at radius 3 is 2.92 bits per heavy atom. The van der Waals surface area contributed by atoms with Gasteiger partial charge in [-0.15, -0.1) is 0 Å². The monoisotopic (exact) mass is 355 g/mol. The fourth-order valence-corrected chi connectivity index (χ4v) is 2.09. The van der Waals surface area contributed by atoms with Crippen LogP contribution >= 0.6 is 12.2 Å². The van der Waals surface area contributed by atoms with Crippen LogP contribution in [0.15, 0.2) is 54.2 Å². The number of nitrogens with one attached hydrogen (secondary N) is 1. The van der Waals surface area contributed by atoms with Crippen molar-refractivity contribution in [1.82, 2.24) is 19.9 Å². The third kappa shape index (κ3) is 3.96. The molecular formula is C16H13N5O3S. The van der Waals surface area contributed by atoms with Crippen molar-refractivity contribution in [3.63, 3.8) is 0 Å². The van der Waals surface area contributed by atoms with Crippen molar-refractivity contribution in [3.8, 4) is 11.5 Å². The van der Waals surface area contributed by atoms with Crippen LogP contribution < -0.4 is 9.47 Å². The summed E-state index contributed by atoms with van der Waals surface area (Å²) in [7, 11) is 1.49. The fraction of sp³-hybridized carbons (Fsp3) is 0.0625. The highest BCUT2D eigenvalue weighted by atomic mass is 32.1. The van der Waals surface area contributed by atoms with E-state index in [1.54, 1.807) is 42.7 Å². The summed E-state index contributed by atoms with van der Waals surface area (Å²) in [5.74, 6) is 0.183. The first-order valence-electron chi connectivity index (χ1n) is 7.14. The molecule has 8 nitrogen and oxygen atoms in total. The first-order chi connectivity index (χ1) is 12.2. The van der Waals surface area contributed by atoms with Gasteiger partial charge in [0.1, 0.15) is 6.33 Å². The number of rotatable bonds is 5. The molecule has 126 valence electrons. The molecule has 0 radical (unpaired) electrons.